The van der Waals surface area contributed by atoms with E-state index in [1.807, 2.05) is 12.1 Å². The number of thiazole rings is 1. The highest BCUT2D eigenvalue weighted by atomic mass is 32.1. The van der Waals surface area contributed by atoms with Crippen LogP contribution in [0.5, 0.6) is 0 Å². The predicted octanol–water partition coefficient (Wildman–Crippen LogP) is 2.14. The molecule has 0 spiro atoms. The van der Waals surface area contributed by atoms with E-state index in [1.165, 1.54) is 11.3 Å². The van der Waals surface area contributed by atoms with Crippen molar-refractivity contribution < 1.29 is 9.21 Å². The van der Waals surface area contributed by atoms with Gasteiger partial charge in [0.05, 0.1) is 12.7 Å². The van der Waals surface area contributed by atoms with Gasteiger partial charge in [0.2, 0.25) is 0 Å². The average molecular weight is 193 g/mol. The van der Waals surface area contributed by atoms with Crippen LogP contribution in [0, 0.1) is 0 Å². The number of hydrogen-bond donors (Lipinski definition) is 0. The minimum atomic E-state index is 0.492. The summed E-state index contributed by atoms with van der Waals surface area (Å²) in [5.41, 5.74) is 0.492. The molecule has 0 aliphatic carbocycles. The van der Waals surface area contributed by atoms with Crippen molar-refractivity contribution in [3.63, 3.8) is 0 Å². The van der Waals surface area contributed by atoms with Crippen LogP contribution in [0.4, 0.5) is 0 Å². The van der Waals surface area contributed by atoms with Crippen molar-refractivity contribution in [2.45, 2.75) is 6.42 Å². The van der Waals surface area contributed by atoms with Crippen LogP contribution in [0.3, 0.4) is 0 Å². The second-order valence-electron chi connectivity index (χ2n) is 2.54. The van der Waals surface area contributed by atoms with Crippen molar-refractivity contribution in [2.75, 3.05) is 0 Å². The summed E-state index contributed by atoms with van der Waals surface area (Å²) in [4.78, 5) is 14.4. The number of aromatic nitrogens is 1. The second-order valence-corrected chi connectivity index (χ2v) is 3.48. The van der Waals surface area contributed by atoms with E-state index in [1.54, 1.807) is 11.6 Å². The highest BCUT2D eigenvalue weighted by molar-refractivity contribution is 7.09. The lowest BCUT2D eigenvalue weighted by molar-refractivity contribution is 0.111. The smallest absolute Gasteiger partial charge is 0.169 e. The average Bonchev–Trinajstić information content (AvgIpc) is 2.76. The molecule has 0 saturated carbocycles. The summed E-state index contributed by atoms with van der Waals surface area (Å²) in [7, 11) is 0. The fourth-order valence-corrected chi connectivity index (χ4v) is 1.77. The van der Waals surface area contributed by atoms with E-state index in [-0.39, 0.29) is 0 Å². The SMILES string of the molecule is O=Cc1csc(Cc2ccco2)n1. The summed E-state index contributed by atoms with van der Waals surface area (Å²) >= 11 is 1.47. The molecule has 0 aliphatic rings. The van der Waals surface area contributed by atoms with E-state index in [9.17, 15) is 4.79 Å². The van der Waals surface area contributed by atoms with Gasteiger partial charge in [-0.15, -0.1) is 11.3 Å². The molecule has 0 saturated heterocycles. The molecule has 0 atom stereocenters. The third-order valence-electron chi connectivity index (χ3n) is 1.60. The van der Waals surface area contributed by atoms with Crippen LogP contribution < -0.4 is 0 Å². The van der Waals surface area contributed by atoms with Gasteiger partial charge in [0, 0.05) is 5.38 Å². The molecule has 0 aromatic carbocycles. The van der Waals surface area contributed by atoms with Crippen molar-refractivity contribution in [1.82, 2.24) is 4.98 Å². The van der Waals surface area contributed by atoms with Gasteiger partial charge < -0.3 is 4.42 Å². The molecular formula is C9H7NO2S. The van der Waals surface area contributed by atoms with Crippen LogP contribution in [0.1, 0.15) is 21.3 Å². The Labute approximate surface area is 79.0 Å². The first-order valence-corrected chi connectivity index (χ1v) is 4.68. The summed E-state index contributed by atoms with van der Waals surface area (Å²) in [6.07, 6.45) is 3.04. The summed E-state index contributed by atoms with van der Waals surface area (Å²) < 4.78 is 5.16. The van der Waals surface area contributed by atoms with Crippen LogP contribution in [0.15, 0.2) is 28.2 Å². The Balaban J connectivity index is 2.14. The number of rotatable bonds is 3. The van der Waals surface area contributed by atoms with Gasteiger partial charge in [-0.3, -0.25) is 4.79 Å². The largest absolute Gasteiger partial charge is 0.469 e. The molecule has 2 rings (SSSR count). The molecule has 2 heterocycles. The van der Waals surface area contributed by atoms with E-state index in [0.29, 0.717) is 12.1 Å². The third-order valence-corrected chi connectivity index (χ3v) is 2.46. The first kappa shape index (κ1) is 8.19. The zero-order chi connectivity index (χ0) is 9.10. The molecule has 0 N–H and O–H groups in total. The fraction of sp³-hybridized carbons (Fsp3) is 0.111. The van der Waals surface area contributed by atoms with Gasteiger partial charge in [0.1, 0.15) is 16.5 Å². The van der Waals surface area contributed by atoms with E-state index in [2.05, 4.69) is 4.98 Å². The number of hydrogen-bond acceptors (Lipinski definition) is 4. The molecule has 2 aromatic rings. The topological polar surface area (TPSA) is 43.1 Å². The molecule has 0 aliphatic heterocycles. The van der Waals surface area contributed by atoms with Crippen LogP contribution in [0.25, 0.3) is 0 Å². The maximum Gasteiger partial charge on any atom is 0.169 e. The molecule has 13 heavy (non-hydrogen) atoms. The van der Waals surface area contributed by atoms with Gasteiger partial charge in [-0.1, -0.05) is 0 Å². The molecule has 66 valence electrons. The van der Waals surface area contributed by atoms with Crippen LogP contribution in [0.2, 0.25) is 0 Å². The molecule has 2 aromatic heterocycles. The van der Waals surface area contributed by atoms with Crippen molar-refractivity contribution in [3.05, 3.63) is 40.2 Å². The Hall–Kier alpha value is -1.42. The highest BCUT2D eigenvalue weighted by Gasteiger charge is 2.03. The van der Waals surface area contributed by atoms with Crippen molar-refractivity contribution >= 4 is 17.6 Å². The lowest BCUT2D eigenvalue weighted by Gasteiger charge is -1.89. The number of aldehydes is 1. The van der Waals surface area contributed by atoms with E-state index in [0.717, 1.165) is 17.1 Å². The maximum absolute atomic E-state index is 10.3. The predicted molar refractivity (Wildman–Crippen MR) is 49.0 cm³/mol. The quantitative estimate of drug-likeness (QED) is 0.701. The fourth-order valence-electron chi connectivity index (χ4n) is 1.02. The van der Waals surface area contributed by atoms with Crippen LogP contribution >= 0.6 is 11.3 Å². The highest BCUT2D eigenvalue weighted by Crippen LogP contribution is 2.13. The Kier molecular flexibility index (Phi) is 2.23. The molecular weight excluding hydrogens is 186 g/mol. The first-order chi connectivity index (χ1) is 6.38. The number of carbonyl (C=O) groups is 1. The van der Waals surface area contributed by atoms with E-state index >= 15 is 0 Å². The van der Waals surface area contributed by atoms with Gasteiger partial charge in [0.15, 0.2) is 6.29 Å². The number of nitrogens with zero attached hydrogens (tertiary/aromatic N) is 1. The molecule has 0 unspecified atom stereocenters. The number of carbonyl (C=O) groups excluding carboxylic acids is 1. The maximum atomic E-state index is 10.3. The Morgan fingerprint density at radius 3 is 3.15 bits per heavy atom. The summed E-state index contributed by atoms with van der Waals surface area (Å²) in [6, 6.07) is 3.73. The van der Waals surface area contributed by atoms with E-state index < -0.39 is 0 Å². The second kappa shape index (κ2) is 3.53. The van der Waals surface area contributed by atoms with Gasteiger partial charge in [-0.2, -0.15) is 0 Å². The van der Waals surface area contributed by atoms with Crippen LogP contribution in [-0.4, -0.2) is 11.3 Å². The Bertz CT molecular complexity index is 391. The van der Waals surface area contributed by atoms with Gasteiger partial charge in [0.25, 0.3) is 0 Å². The summed E-state index contributed by atoms with van der Waals surface area (Å²) in [5, 5.41) is 2.64. The molecule has 0 bridgehead atoms. The van der Waals surface area contributed by atoms with Crippen molar-refractivity contribution in [1.29, 1.82) is 0 Å². The van der Waals surface area contributed by atoms with Gasteiger partial charge >= 0.3 is 0 Å². The Morgan fingerprint density at radius 2 is 2.54 bits per heavy atom. The van der Waals surface area contributed by atoms with Crippen LogP contribution in [-0.2, 0) is 6.42 Å². The molecule has 4 heteroatoms. The standard InChI is InChI=1S/C9H7NO2S/c11-5-7-6-13-9(10-7)4-8-2-1-3-12-8/h1-3,5-6H,4H2. The van der Waals surface area contributed by atoms with Gasteiger partial charge in [-0.05, 0) is 12.1 Å². The van der Waals surface area contributed by atoms with Crippen molar-refractivity contribution in [3.8, 4) is 0 Å². The minimum absolute atomic E-state index is 0.492. The van der Waals surface area contributed by atoms with Crippen molar-refractivity contribution in [2.24, 2.45) is 0 Å². The molecule has 0 radical (unpaired) electrons. The Morgan fingerprint density at radius 1 is 1.62 bits per heavy atom. The zero-order valence-corrected chi connectivity index (χ0v) is 7.58. The zero-order valence-electron chi connectivity index (χ0n) is 6.77. The normalized spacial score (nSPS) is 10.2. The minimum Gasteiger partial charge on any atom is -0.469 e. The molecule has 3 nitrogen and oxygen atoms in total. The summed E-state index contributed by atoms with van der Waals surface area (Å²) in [6.45, 7) is 0. The molecule has 0 fully saturated rings. The summed E-state index contributed by atoms with van der Waals surface area (Å²) in [5.74, 6) is 0.867. The lowest BCUT2D eigenvalue weighted by Crippen LogP contribution is -1.85. The third kappa shape index (κ3) is 1.84. The lowest BCUT2D eigenvalue weighted by atomic mass is 10.3. The first-order valence-electron chi connectivity index (χ1n) is 3.80. The van der Waals surface area contributed by atoms with Gasteiger partial charge in [-0.25, -0.2) is 4.98 Å². The molecule has 0 amide bonds. The van der Waals surface area contributed by atoms with E-state index in [4.69, 9.17) is 4.42 Å². The monoisotopic (exact) mass is 193 g/mol. The number of furan rings is 1.